The summed E-state index contributed by atoms with van der Waals surface area (Å²) < 4.78 is 0. The summed E-state index contributed by atoms with van der Waals surface area (Å²) in [5.41, 5.74) is 0.999. The van der Waals surface area contributed by atoms with Crippen LogP contribution in [0.25, 0.3) is 0 Å². The number of benzene rings is 1. The normalized spacial score (nSPS) is 18.4. The zero-order valence-corrected chi connectivity index (χ0v) is 8.72. The number of aromatic hydroxyl groups is 1. The van der Waals surface area contributed by atoms with Crippen molar-refractivity contribution in [1.29, 1.82) is 0 Å². The third-order valence-electron chi connectivity index (χ3n) is 2.80. The highest BCUT2D eigenvalue weighted by Crippen LogP contribution is 2.36. The second kappa shape index (κ2) is 4.20. The van der Waals surface area contributed by atoms with E-state index in [-0.39, 0.29) is 5.75 Å². The van der Waals surface area contributed by atoms with Gasteiger partial charge in [-0.15, -0.1) is 0 Å². The number of rotatable bonds is 1. The van der Waals surface area contributed by atoms with Gasteiger partial charge in [-0.3, -0.25) is 0 Å². The van der Waals surface area contributed by atoms with E-state index < -0.39 is 0 Å². The van der Waals surface area contributed by atoms with E-state index in [1.807, 2.05) is 12.1 Å². The van der Waals surface area contributed by atoms with Crippen LogP contribution in [0.5, 0.6) is 5.75 Å². The Bertz CT molecular complexity index is 321. The monoisotopic (exact) mass is 211 g/mol. The molecule has 1 saturated heterocycles. The van der Waals surface area contributed by atoms with Crippen LogP contribution in [0.1, 0.15) is 24.3 Å². The summed E-state index contributed by atoms with van der Waals surface area (Å²) in [7, 11) is 0. The minimum atomic E-state index is 0.265. The van der Waals surface area contributed by atoms with Crippen LogP contribution >= 0.6 is 11.6 Å². The van der Waals surface area contributed by atoms with Crippen molar-refractivity contribution in [3.05, 3.63) is 28.8 Å². The number of piperidine rings is 1. The molecular weight excluding hydrogens is 198 g/mol. The fourth-order valence-electron chi connectivity index (χ4n) is 1.99. The Morgan fingerprint density at radius 3 is 2.71 bits per heavy atom. The lowest BCUT2D eigenvalue weighted by Crippen LogP contribution is -2.26. The van der Waals surface area contributed by atoms with Crippen molar-refractivity contribution >= 4 is 11.6 Å². The molecule has 0 aromatic heterocycles. The molecule has 0 amide bonds. The summed E-state index contributed by atoms with van der Waals surface area (Å²) in [5, 5.41) is 13.6. The number of phenols is 1. The number of nitrogens with one attached hydrogen (secondary N) is 1. The van der Waals surface area contributed by atoms with Crippen molar-refractivity contribution in [2.45, 2.75) is 18.8 Å². The Labute approximate surface area is 88.9 Å². The maximum atomic E-state index is 9.80. The highest BCUT2D eigenvalue weighted by molar-refractivity contribution is 6.32. The van der Waals surface area contributed by atoms with E-state index in [9.17, 15) is 5.11 Å². The first-order chi connectivity index (χ1) is 6.79. The first-order valence-corrected chi connectivity index (χ1v) is 5.35. The van der Waals surface area contributed by atoms with Gasteiger partial charge < -0.3 is 10.4 Å². The van der Waals surface area contributed by atoms with Crippen molar-refractivity contribution in [1.82, 2.24) is 5.32 Å². The van der Waals surface area contributed by atoms with Gasteiger partial charge in [-0.2, -0.15) is 0 Å². The first kappa shape index (κ1) is 9.81. The summed E-state index contributed by atoms with van der Waals surface area (Å²) in [6.45, 7) is 2.05. The average Bonchev–Trinajstić information content (AvgIpc) is 2.23. The van der Waals surface area contributed by atoms with Gasteiger partial charge in [0.1, 0.15) is 5.75 Å². The number of hydrogen-bond donors (Lipinski definition) is 2. The summed E-state index contributed by atoms with van der Waals surface area (Å²) in [6, 6.07) is 5.60. The first-order valence-electron chi connectivity index (χ1n) is 4.97. The largest absolute Gasteiger partial charge is 0.506 e. The molecule has 0 aliphatic carbocycles. The minimum absolute atomic E-state index is 0.265. The molecular formula is C11H14ClNO. The predicted molar refractivity (Wildman–Crippen MR) is 58.0 cm³/mol. The van der Waals surface area contributed by atoms with E-state index >= 15 is 0 Å². The lowest BCUT2D eigenvalue weighted by Gasteiger charge is -2.23. The molecule has 0 unspecified atom stereocenters. The predicted octanol–water partition coefficient (Wildman–Crippen LogP) is 2.51. The van der Waals surface area contributed by atoms with Gasteiger partial charge in [0.25, 0.3) is 0 Å². The average molecular weight is 212 g/mol. The van der Waals surface area contributed by atoms with Gasteiger partial charge >= 0.3 is 0 Å². The molecule has 0 bridgehead atoms. The van der Waals surface area contributed by atoms with Crippen LogP contribution in [0.2, 0.25) is 5.02 Å². The van der Waals surface area contributed by atoms with Gasteiger partial charge in [-0.25, -0.2) is 0 Å². The standard InChI is InChI=1S/C11H14ClNO/c12-10-3-1-2-9(11(10)14)8-4-6-13-7-5-8/h1-3,8,13-14H,4-7H2. The van der Waals surface area contributed by atoms with E-state index in [0.29, 0.717) is 10.9 Å². The summed E-state index contributed by atoms with van der Waals surface area (Å²) >= 11 is 5.87. The van der Waals surface area contributed by atoms with Crippen LogP contribution in [-0.4, -0.2) is 18.2 Å². The van der Waals surface area contributed by atoms with Crippen molar-refractivity contribution in [2.24, 2.45) is 0 Å². The minimum Gasteiger partial charge on any atom is -0.506 e. The highest BCUT2D eigenvalue weighted by atomic mass is 35.5. The second-order valence-corrected chi connectivity index (χ2v) is 4.11. The molecule has 76 valence electrons. The molecule has 3 heteroatoms. The zero-order chi connectivity index (χ0) is 9.97. The van der Waals surface area contributed by atoms with Gasteiger partial charge in [0, 0.05) is 0 Å². The Kier molecular flexibility index (Phi) is 2.94. The molecule has 0 radical (unpaired) electrons. The molecule has 0 spiro atoms. The third-order valence-corrected chi connectivity index (χ3v) is 3.10. The van der Waals surface area contributed by atoms with Crippen molar-refractivity contribution in [2.75, 3.05) is 13.1 Å². The van der Waals surface area contributed by atoms with Crippen molar-refractivity contribution in [3.8, 4) is 5.75 Å². The molecule has 1 heterocycles. The van der Waals surface area contributed by atoms with E-state index in [1.165, 1.54) is 0 Å². The van der Waals surface area contributed by atoms with E-state index in [0.717, 1.165) is 31.5 Å². The van der Waals surface area contributed by atoms with Crippen LogP contribution < -0.4 is 5.32 Å². The van der Waals surface area contributed by atoms with Gasteiger partial charge in [0.2, 0.25) is 0 Å². The molecule has 0 atom stereocenters. The zero-order valence-electron chi connectivity index (χ0n) is 7.96. The summed E-state index contributed by atoms with van der Waals surface area (Å²) in [5.74, 6) is 0.719. The van der Waals surface area contributed by atoms with Crippen LogP contribution in [0, 0.1) is 0 Å². The van der Waals surface area contributed by atoms with Crippen LogP contribution in [0.15, 0.2) is 18.2 Å². The van der Waals surface area contributed by atoms with Gasteiger partial charge in [0.15, 0.2) is 0 Å². The molecule has 1 aromatic rings. The van der Waals surface area contributed by atoms with Crippen molar-refractivity contribution in [3.63, 3.8) is 0 Å². The third kappa shape index (κ3) is 1.86. The molecule has 2 nitrogen and oxygen atoms in total. The van der Waals surface area contributed by atoms with Crippen LogP contribution in [0.3, 0.4) is 0 Å². The number of phenolic OH excluding ortho intramolecular Hbond substituents is 1. The van der Waals surface area contributed by atoms with Gasteiger partial charge in [0.05, 0.1) is 5.02 Å². The fourth-order valence-corrected chi connectivity index (χ4v) is 2.18. The smallest absolute Gasteiger partial charge is 0.137 e. The number of para-hydroxylation sites is 1. The lowest BCUT2D eigenvalue weighted by atomic mass is 9.90. The van der Waals surface area contributed by atoms with Gasteiger partial charge in [-0.1, -0.05) is 23.7 Å². The summed E-state index contributed by atoms with van der Waals surface area (Å²) in [6.07, 6.45) is 2.15. The molecule has 14 heavy (non-hydrogen) atoms. The Morgan fingerprint density at radius 1 is 1.29 bits per heavy atom. The SMILES string of the molecule is Oc1c(Cl)cccc1C1CCNCC1. The Morgan fingerprint density at radius 2 is 2.00 bits per heavy atom. The lowest BCUT2D eigenvalue weighted by molar-refractivity contribution is 0.424. The second-order valence-electron chi connectivity index (χ2n) is 3.70. The maximum absolute atomic E-state index is 9.80. The van der Waals surface area contributed by atoms with Crippen molar-refractivity contribution < 1.29 is 5.11 Å². The van der Waals surface area contributed by atoms with Gasteiger partial charge in [-0.05, 0) is 43.5 Å². The van der Waals surface area contributed by atoms with E-state index in [1.54, 1.807) is 6.07 Å². The Balaban J connectivity index is 2.26. The fraction of sp³-hybridized carbons (Fsp3) is 0.455. The molecule has 1 aromatic carbocycles. The highest BCUT2D eigenvalue weighted by Gasteiger charge is 2.18. The maximum Gasteiger partial charge on any atom is 0.137 e. The van der Waals surface area contributed by atoms with E-state index in [4.69, 9.17) is 11.6 Å². The van der Waals surface area contributed by atoms with Crippen LogP contribution in [0.4, 0.5) is 0 Å². The summed E-state index contributed by atoms with van der Waals surface area (Å²) in [4.78, 5) is 0. The molecule has 1 aliphatic rings. The molecule has 0 saturated carbocycles. The Hall–Kier alpha value is -0.730. The molecule has 1 fully saturated rings. The number of halogens is 1. The molecule has 2 N–H and O–H groups in total. The molecule has 2 rings (SSSR count). The van der Waals surface area contributed by atoms with E-state index in [2.05, 4.69) is 5.32 Å². The molecule has 1 aliphatic heterocycles. The van der Waals surface area contributed by atoms with Crippen LogP contribution in [-0.2, 0) is 0 Å². The number of hydrogen-bond acceptors (Lipinski definition) is 2. The topological polar surface area (TPSA) is 32.3 Å². The quantitative estimate of drug-likeness (QED) is 0.748.